The molecular weight excluding hydrogens is 256 g/mol. The zero-order valence-corrected chi connectivity index (χ0v) is 10.7. The highest BCUT2D eigenvalue weighted by Crippen LogP contribution is 2.19. The maximum absolute atomic E-state index is 12.4. The molecule has 0 bridgehead atoms. The molecule has 0 spiro atoms. The first-order chi connectivity index (χ1) is 9.72. The van der Waals surface area contributed by atoms with Crippen LogP contribution >= 0.6 is 0 Å². The summed E-state index contributed by atoms with van der Waals surface area (Å²) in [4.78, 5) is 23.9. The fourth-order valence-electron chi connectivity index (χ4n) is 1.80. The van der Waals surface area contributed by atoms with E-state index in [0.717, 1.165) is 0 Å². The van der Waals surface area contributed by atoms with Crippen LogP contribution in [0.3, 0.4) is 0 Å². The van der Waals surface area contributed by atoms with Gasteiger partial charge in [0.2, 0.25) is 5.91 Å². The fourth-order valence-corrected chi connectivity index (χ4v) is 1.80. The van der Waals surface area contributed by atoms with Gasteiger partial charge in [-0.25, -0.2) is 0 Å². The van der Waals surface area contributed by atoms with Gasteiger partial charge in [-0.2, -0.15) is 5.48 Å². The van der Waals surface area contributed by atoms with Crippen LogP contribution in [-0.4, -0.2) is 23.4 Å². The number of benzene rings is 2. The second-order valence-corrected chi connectivity index (χ2v) is 4.12. The second-order valence-electron chi connectivity index (χ2n) is 4.12. The highest BCUT2D eigenvalue weighted by atomic mass is 16.5. The number of ketones is 1. The largest absolute Gasteiger partial charge is 0.324 e. The van der Waals surface area contributed by atoms with Crippen LogP contribution in [0, 0.1) is 0 Å². The van der Waals surface area contributed by atoms with Gasteiger partial charge in [-0.15, -0.1) is 0 Å². The van der Waals surface area contributed by atoms with Gasteiger partial charge < -0.3 is 10.5 Å². The number of rotatable bonds is 5. The number of amides is 1. The summed E-state index contributed by atoms with van der Waals surface area (Å²) in [5, 5.41) is 11.1. The molecule has 2 aromatic rings. The summed E-state index contributed by atoms with van der Waals surface area (Å²) in [5.74, 6) is -0.598. The molecule has 0 saturated heterocycles. The number of carbonyl (C=O) groups is 2. The first-order valence-electron chi connectivity index (χ1n) is 6.08. The molecule has 0 atom stereocenters. The summed E-state index contributed by atoms with van der Waals surface area (Å²) in [5.41, 5.74) is 3.15. The van der Waals surface area contributed by atoms with E-state index in [0.29, 0.717) is 16.8 Å². The van der Waals surface area contributed by atoms with Crippen LogP contribution in [0.5, 0.6) is 0 Å². The predicted octanol–water partition coefficient (Wildman–Crippen LogP) is 1.83. The van der Waals surface area contributed by atoms with Gasteiger partial charge in [-0.05, 0) is 12.1 Å². The van der Waals surface area contributed by atoms with Gasteiger partial charge in [0.1, 0.15) is 6.54 Å². The molecule has 2 rings (SSSR count). The summed E-state index contributed by atoms with van der Waals surface area (Å²) in [6.45, 7) is -0.242. The Hall–Kier alpha value is -2.50. The van der Waals surface area contributed by atoms with Crippen molar-refractivity contribution in [1.82, 2.24) is 5.48 Å². The average molecular weight is 270 g/mol. The monoisotopic (exact) mass is 270 g/mol. The number of hydroxylamine groups is 1. The predicted molar refractivity (Wildman–Crippen MR) is 74.7 cm³/mol. The zero-order chi connectivity index (χ0) is 14.4. The summed E-state index contributed by atoms with van der Waals surface area (Å²) in [7, 11) is 0. The maximum Gasteiger partial charge on any atom is 0.240 e. The Balaban J connectivity index is 2.28. The highest BCUT2D eigenvalue weighted by Gasteiger charge is 2.14. The van der Waals surface area contributed by atoms with Crippen LogP contribution < -0.4 is 10.8 Å². The lowest BCUT2D eigenvalue weighted by molar-refractivity contribution is -0.116. The van der Waals surface area contributed by atoms with Gasteiger partial charge in [0.25, 0.3) is 0 Å². The number of hydrogen-bond donors (Lipinski definition) is 3. The molecule has 0 heterocycles. The quantitative estimate of drug-likeness (QED) is 0.572. The third-order valence-electron chi connectivity index (χ3n) is 2.72. The van der Waals surface area contributed by atoms with E-state index in [1.54, 1.807) is 54.0 Å². The van der Waals surface area contributed by atoms with Gasteiger partial charge >= 0.3 is 0 Å². The first kappa shape index (κ1) is 13.9. The highest BCUT2D eigenvalue weighted by molar-refractivity contribution is 6.13. The molecule has 0 fully saturated rings. The Labute approximate surface area is 116 Å². The minimum atomic E-state index is -0.430. The lowest BCUT2D eigenvalue weighted by atomic mass is 10.0. The lowest BCUT2D eigenvalue weighted by Gasteiger charge is -2.10. The number of hydrogen-bond acceptors (Lipinski definition) is 4. The van der Waals surface area contributed by atoms with Crippen molar-refractivity contribution in [3.8, 4) is 0 Å². The first-order valence-corrected chi connectivity index (χ1v) is 6.08. The van der Waals surface area contributed by atoms with Gasteiger partial charge in [-0.3, -0.25) is 9.59 Å². The van der Waals surface area contributed by atoms with Crippen molar-refractivity contribution >= 4 is 17.4 Å². The smallest absolute Gasteiger partial charge is 0.240 e. The number of carbonyl (C=O) groups excluding carboxylic acids is 2. The molecular formula is C15H14N2O3. The van der Waals surface area contributed by atoms with Gasteiger partial charge in [0, 0.05) is 11.1 Å². The number of para-hydroxylation sites is 1. The normalized spacial score (nSPS) is 10.1. The van der Waals surface area contributed by atoms with Gasteiger partial charge in [-0.1, -0.05) is 42.5 Å². The van der Waals surface area contributed by atoms with Crippen molar-refractivity contribution in [2.24, 2.45) is 0 Å². The fraction of sp³-hybridized carbons (Fsp3) is 0.0667. The Bertz CT molecular complexity index is 612. The molecule has 5 nitrogen and oxygen atoms in total. The van der Waals surface area contributed by atoms with Crippen LogP contribution in [-0.2, 0) is 4.79 Å². The van der Waals surface area contributed by atoms with Crippen molar-refractivity contribution in [3.63, 3.8) is 0 Å². The Morgan fingerprint density at radius 2 is 1.60 bits per heavy atom. The van der Waals surface area contributed by atoms with Gasteiger partial charge in [0.15, 0.2) is 5.78 Å². The van der Waals surface area contributed by atoms with Crippen LogP contribution in [0.2, 0.25) is 0 Å². The van der Waals surface area contributed by atoms with E-state index in [2.05, 4.69) is 5.32 Å². The molecule has 0 aliphatic carbocycles. The second kappa shape index (κ2) is 6.60. The molecule has 0 aliphatic rings. The number of anilines is 1. The van der Waals surface area contributed by atoms with E-state index in [4.69, 9.17) is 5.21 Å². The van der Waals surface area contributed by atoms with E-state index in [9.17, 15) is 9.59 Å². The van der Waals surface area contributed by atoms with Crippen LogP contribution in [0.4, 0.5) is 5.69 Å². The van der Waals surface area contributed by atoms with Crippen molar-refractivity contribution in [3.05, 3.63) is 65.7 Å². The van der Waals surface area contributed by atoms with E-state index < -0.39 is 5.91 Å². The summed E-state index contributed by atoms with van der Waals surface area (Å²) < 4.78 is 0. The molecule has 2 aromatic carbocycles. The van der Waals surface area contributed by atoms with Crippen molar-refractivity contribution in [1.29, 1.82) is 0 Å². The molecule has 0 aromatic heterocycles. The summed E-state index contributed by atoms with van der Waals surface area (Å²) in [6, 6.07) is 15.6. The van der Waals surface area contributed by atoms with Crippen LogP contribution in [0.15, 0.2) is 54.6 Å². The van der Waals surface area contributed by atoms with Crippen molar-refractivity contribution in [2.45, 2.75) is 0 Å². The average Bonchev–Trinajstić information content (AvgIpc) is 2.48. The summed E-state index contributed by atoms with van der Waals surface area (Å²) in [6.07, 6.45) is 0. The molecule has 0 unspecified atom stereocenters. The van der Waals surface area contributed by atoms with Crippen molar-refractivity contribution in [2.75, 3.05) is 11.9 Å². The zero-order valence-electron chi connectivity index (χ0n) is 10.7. The summed E-state index contributed by atoms with van der Waals surface area (Å²) >= 11 is 0. The molecule has 0 radical (unpaired) electrons. The molecule has 1 amide bonds. The Morgan fingerprint density at radius 3 is 2.30 bits per heavy atom. The van der Waals surface area contributed by atoms with E-state index in [1.165, 1.54) is 0 Å². The van der Waals surface area contributed by atoms with Gasteiger partial charge in [0.05, 0.1) is 5.69 Å². The molecule has 5 heteroatoms. The topological polar surface area (TPSA) is 78.4 Å². The third-order valence-corrected chi connectivity index (χ3v) is 2.72. The molecule has 20 heavy (non-hydrogen) atoms. The van der Waals surface area contributed by atoms with Crippen LogP contribution in [0.1, 0.15) is 15.9 Å². The van der Waals surface area contributed by atoms with E-state index >= 15 is 0 Å². The van der Waals surface area contributed by atoms with Crippen LogP contribution in [0.25, 0.3) is 0 Å². The minimum absolute atomic E-state index is 0.168. The van der Waals surface area contributed by atoms with E-state index in [1.807, 2.05) is 6.07 Å². The van der Waals surface area contributed by atoms with E-state index in [-0.39, 0.29) is 12.3 Å². The Morgan fingerprint density at radius 1 is 0.950 bits per heavy atom. The minimum Gasteiger partial charge on any atom is -0.324 e. The molecule has 0 aliphatic heterocycles. The Kier molecular flexibility index (Phi) is 4.60. The standard InChI is InChI=1S/C15H14N2O3/c18-14(10-16-20)17-13-9-5-4-8-12(13)15(19)11-6-2-1-3-7-11/h1-9,16,20H,10H2,(H,17,18). The SMILES string of the molecule is O=C(CNO)Nc1ccccc1C(=O)c1ccccc1. The molecule has 0 saturated carbocycles. The maximum atomic E-state index is 12.4. The lowest BCUT2D eigenvalue weighted by Crippen LogP contribution is -2.26. The molecule has 3 N–H and O–H groups in total. The molecule has 102 valence electrons. The van der Waals surface area contributed by atoms with Crippen molar-refractivity contribution < 1.29 is 14.8 Å². The number of nitrogens with one attached hydrogen (secondary N) is 2. The third kappa shape index (κ3) is 3.28.